The summed E-state index contributed by atoms with van der Waals surface area (Å²) in [5, 5.41) is 0. The average molecular weight is 202 g/mol. The van der Waals surface area contributed by atoms with E-state index in [1.165, 1.54) is 5.56 Å². The largest absolute Gasteiger partial charge is 0.381 e. The fourth-order valence-corrected chi connectivity index (χ4v) is 1.97. The van der Waals surface area contributed by atoms with E-state index in [0.717, 1.165) is 32.5 Å². The molecule has 1 aromatic carbocycles. The van der Waals surface area contributed by atoms with Gasteiger partial charge in [0.05, 0.1) is 13.2 Å². The average Bonchev–Trinajstić information content (AvgIpc) is 2.23. The molecule has 1 nitrogen and oxygen atoms in total. The molecule has 1 aromatic rings. The molecule has 80 valence electrons. The summed E-state index contributed by atoms with van der Waals surface area (Å²) in [5.41, 5.74) is 1.42. The number of benzene rings is 1. The lowest BCUT2D eigenvalue weighted by Gasteiger charge is -2.17. The van der Waals surface area contributed by atoms with Crippen LogP contribution in [0.25, 0.3) is 0 Å². The molecule has 2 rings (SSSR count). The van der Waals surface area contributed by atoms with Crippen LogP contribution in [-0.2, 0) is 11.2 Å². The summed E-state index contributed by atoms with van der Waals surface area (Å²) in [7, 11) is 0. The first-order valence-corrected chi connectivity index (χ1v) is 5.72. The molecule has 0 fully saturated rings. The van der Waals surface area contributed by atoms with Crippen molar-refractivity contribution in [1.29, 1.82) is 0 Å². The fraction of sp³-hybridized carbons (Fsp3) is 0.429. The predicted octanol–water partition coefficient (Wildman–Crippen LogP) is 3.21. The lowest BCUT2D eigenvalue weighted by Crippen LogP contribution is -2.14. The van der Waals surface area contributed by atoms with Crippen molar-refractivity contribution >= 4 is 0 Å². The zero-order chi connectivity index (χ0) is 10.3. The standard InChI is InChI=1S/C14H18O/c1-3-7-13(8-4-1)11-14-9-5-2-6-10-15-12-14/h1-5,7-8,14H,6,9-12H2/b5-2-. The Kier molecular flexibility index (Phi) is 3.98. The molecule has 0 spiro atoms. The van der Waals surface area contributed by atoms with Crippen molar-refractivity contribution in [3.63, 3.8) is 0 Å². The first-order valence-electron chi connectivity index (χ1n) is 5.72. The molecule has 0 amide bonds. The summed E-state index contributed by atoms with van der Waals surface area (Å²) in [6.07, 6.45) is 7.88. The second-order valence-electron chi connectivity index (χ2n) is 4.13. The van der Waals surface area contributed by atoms with Crippen LogP contribution in [0.4, 0.5) is 0 Å². The smallest absolute Gasteiger partial charge is 0.0500 e. The monoisotopic (exact) mass is 202 g/mol. The van der Waals surface area contributed by atoms with Crippen LogP contribution in [0.1, 0.15) is 18.4 Å². The zero-order valence-corrected chi connectivity index (χ0v) is 9.06. The van der Waals surface area contributed by atoms with Gasteiger partial charge in [-0.05, 0) is 30.7 Å². The molecule has 0 N–H and O–H groups in total. The highest BCUT2D eigenvalue weighted by Gasteiger charge is 2.09. The Morgan fingerprint density at radius 2 is 2.00 bits per heavy atom. The maximum atomic E-state index is 5.61. The van der Waals surface area contributed by atoms with Gasteiger partial charge in [0.25, 0.3) is 0 Å². The van der Waals surface area contributed by atoms with Crippen LogP contribution in [0, 0.1) is 5.92 Å². The molecule has 1 unspecified atom stereocenters. The third-order valence-electron chi connectivity index (χ3n) is 2.79. The number of allylic oxidation sites excluding steroid dienone is 1. The molecule has 15 heavy (non-hydrogen) atoms. The van der Waals surface area contributed by atoms with E-state index in [4.69, 9.17) is 4.74 Å². The molecule has 0 radical (unpaired) electrons. The Labute approximate surface area is 91.8 Å². The lowest BCUT2D eigenvalue weighted by molar-refractivity contribution is 0.101. The van der Waals surface area contributed by atoms with Crippen LogP contribution in [0.2, 0.25) is 0 Å². The van der Waals surface area contributed by atoms with E-state index in [2.05, 4.69) is 42.5 Å². The van der Waals surface area contributed by atoms with Crippen molar-refractivity contribution in [2.45, 2.75) is 19.3 Å². The molecule has 1 aliphatic rings. The Hall–Kier alpha value is -1.08. The van der Waals surface area contributed by atoms with Crippen LogP contribution in [0.15, 0.2) is 42.5 Å². The van der Waals surface area contributed by atoms with E-state index in [1.54, 1.807) is 0 Å². The maximum Gasteiger partial charge on any atom is 0.0500 e. The van der Waals surface area contributed by atoms with Gasteiger partial charge in [0.15, 0.2) is 0 Å². The second kappa shape index (κ2) is 5.72. The Morgan fingerprint density at radius 1 is 1.13 bits per heavy atom. The van der Waals surface area contributed by atoms with Crippen molar-refractivity contribution in [3.8, 4) is 0 Å². The highest BCUT2D eigenvalue weighted by Crippen LogP contribution is 2.15. The molecule has 0 bridgehead atoms. The second-order valence-corrected chi connectivity index (χ2v) is 4.13. The minimum atomic E-state index is 0.643. The minimum Gasteiger partial charge on any atom is -0.381 e. The van der Waals surface area contributed by atoms with Gasteiger partial charge in [-0.25, -0.2) is 0 Å². The van der Waals surface area contributed by atoms with E-state index in [1.807, 2.05) is 0 Å². The molecular weight excluding hydrogens is 184 g/mol. The Bertz CT molecular complexity index is 302. The third kappa shape index (κ3) is 3.52. The highest BCUT2D eigenvalue weighted by molar-refractivity contribution is 5.15. The van der Waals surface area contributed by atoms with Gasteiger partial charge in [0, 0.05) is 0 Å². The van der Waals surface area contributed by atoms with Crippen LogP contribution >= 0.6 is 0 Å². The van der Waals surface area contributed by atoms with Crippen molar-refractivity contribution in [1.82, 2.24) is 0 Å². The minimum absolute atomic E-state index is 0.643. The number of ether oxygens (including phenoxy) is 1. The van der Waals surface area contributed by atoms with Crippen molar-refractivity contribution in [2.24, 2.45) is 5.92 Å². The van der Waals surface area contributed by atoms with Gasteiger partial charge in [-0.2, -0.15) is 0 Å². The highest BCUT2D eigenvalue weighted by atomic mass is 16.5. The van der Waals surface area contributed by atoms with Gasteiger partial charge in [-0.1, -0.05) is 42.5 Å². The quantitative estimate of drug-likeness (QED) is 0.669. The van der Waals surface area contributed by atoms with E-state index in [0.29, 0.717) is 5.92 Å². The van der Waals surface area contributed by atoms with Crippen LogP contribution in [0.5, 0.6) is 0 Å². The van der Waals surface area contributed by atoms with Crippen LogP contribution in [0.3, 0.4) is 0 Å². The number of rotatable bonds is 2. The normalized spacial score (nSPS) is 24.1. The summed E-state index contributed by atoms with van der Waals surface area (Å²) in [5.74, 6) is 0.643. The SMILES string of the molecule is C1=C\CC(Cc2ccccc2)COCC/1. The summed E-state index contributed by atoms with van der Waals surface area (Å²) in [6, 6.07) is 10.7. The Morgan fingerprint density at radius 3 is 2.87 bits per heavy atom. The molecule has 1 atom stereocenters. The zero-order valence-electron chi connectivity index (χ0n) is 9.06. The molecule has 1 aliphatic heterocycles. The Balaban J connectivity index is 1.92. The van der Waals surface area contributed by atoms with Crippen molar-refractivity contribution < 1.29 is 4.74 Å². The number of hydrogen-bond donors (Lipinski definition) is 0. The third-order valence-corrected chi connectivity index (χ3v) is 2.79. The first kappa shape index (κ1) is 10.4. The molecule has 0 saturated carbocycles. The van der Waals surface area contributed by atoms with E-state index >= 15 is 0 Å². The summed E-state index contributed by atoms with van der Waals surface area (Å²) >= 11 is 0. The molecule has 1 heterocycles. The summed E-state index contributed by atoms with van der Waals surface area (Å²) < 4.78 is 5.61. The molecule has 1 heteroatoms. The molecular formula is C14H18O. The van der Waals surface area contributed by atoms with E-state index in [9.17, 15) is 0 Å². The fourth-order valence-electron chi connectivity index (χ4n) is 1.97. The van der Waals surface area contributed by atoms with Gasteiger partial charge < -0.3 is 4.74 Å². The van der Waals surface area contributed by atoms with Gasteiger partial charge in [0.2, 0.25) is 0 Å². The van der Waals surface area contributed by atoms with E-state index < -0.39 is 0 Å². The van der Waals surface area contributed by atoms with Gasteiger partial charge in [-0.3, -0.25) is 0 Å². The first-order chi connectivity index (χ1) is 7.45. The van der Waals surface area contributed by atoms with Crippen molar-refractivity contribution in [2.75, 3.05) is 13.2 Å². The topological polar surface area (TPSA) is 9.23 Å². The molecule has 0 aromatic heterocycles. The number of hydrogen-bond acceptors (Lipinski definition) is 1. The van der Waals surface area contributed by atoms with Gasteiger partial charge >= 0.3 is 0 Å². The van der Waals surface area contributed by atoms with Gasteiger partial charge in [0.1, 0.15) is 0 Å². The summed E-state index contributed by atoms with van der Waals surface area (Å²) in [4.78, 5) is 0. The van der Waals surface area contributed by atoms with Crippen LogP contribution < -0.4 is 0 Å². The maximum absolute atomic E-state index is 5.61. The molecule has 0 aliphatic carbocycles. The van der Waals surface area contributed by atoms with Gasteiger partial charge in [-0.15, -0.1) is 0 Å². The van der Waals surface area contributed by atoms with Crippen LogP contribution in [-0.4, -0.2) is 13.2 Å². The van der Waals surface area contributed by atoms with E-state index in [-0.39, 0.29) is 0 Å². The lowest BCUT2D eigenvalue weighted by atomic mass is 9.96. The predicted molar refractivity (Wildman–Crippen MR) is 62.8 cm³/mol. The van der Waals surface area contributed by atoms with Crippen molar-refractivity contribution in [3.05, 3.63) is 48.0 Å². The molecule has 0 saturated heterocycles. The summed E-state index contributed by atoms with van der Waals surface area (Å²) in [6.45, 7) is 1.78.